The van der Waals surface area contributed by atoms with Crippen LogP contribution in [-0.2, 0) is 9.53 Å². The molecule has 0 spiro atoms. The minimum atomic E-state index is -1.11. The van der Waals surface area contributed by atoms with Crippen LogP contribution in [-0.4, -0.2) is 46.1 Å². The molecule has 3 N–H and O–H groups in total. The summed E-state index contributed by atoms with van der Waals surface area (Å²) in [5.74, 6) is -1.62. The van der Waals surface area contributed by atoms with Gasteiger partial charge in [0.25, 0.3) is 11.6 Å². The molecular weight excluding hydrogens is 318 g/mol. The van der Waals surface area contributed by atoms with Crippen LogP contribution in [0.5, 0.6) is 0 Å². The van der Waals surface area contributed by atoms with Crippen molar-refractivity contribution in [3.8, 4) is 0 Å². The maximum atomic E-state index is 12.5. The number of carboxylic acid groups (broad SMARTS) is 1. The number of nitrogens with one attached hydrogen (secondary N) is 2. The quantitative estimate of drug-likeness (QED) is 0.520. The molecule has 2 aromatic rings. The smallest absolute Gasteiger partial charge is 0.305 e. The number of ether oxygens (including phenoxy) is 1. The Hall–Kier alpha value is -2.94. The summed E-state index contributed by atoms with van der Waals surface area (Å²) in [5.41, 5.74) is -0.484. The number of non-ortho nitro benzene ring substituents is 1. The fourth-order valence-corrected chi connectivity index (χ4v) is 2.54. The molecule has 0 fully saturated rings. The number of aromatic amines is 1. The monoisotopic (exact) mass is 335 g/mol. The third-order valence-electron chi connectivity index (χ3n) is 3.54. The summed E-state index contributed by atoms with van der Waals surface area (Å²) >= 11 is 0. The van der Waals surface area contributed by atoms with Crippen LogP contribution in [0, 0.1) is 10.1 Å². The fourth-order valence-electron chi connectivity index (χ4n) is 2.54. The molecular formula is C15H17N3O6. The van der Waals surface area contributed by atoms with E-state index >= 15 is 0 Å². The van der Waals surface area contributed by atoms with Gasteiger partial charge in [0.15, 0.2) is 0 Å². The Bertz CT molecular complexity index is 800. The molecule has 1 unspecified atom stereocenters. The van der Waals surface area contributed by atoms with E-state index in [0.717, 1.165) is 0 Å². The summed E-state index contributed by atoms with van der Waals surface area (Å²) in [5, 5.41) is 22.9. The first-order valence-electron chi connectivity index (χ1n) is 7.04. The van der Waals surface area contributed by atoms with Gasteiger partial charge in [-0.2, -0.15) is 0 Å². The maximum Gasteiger partial charge on any atom is 0.305 e. The highest BCUT2D eigenvalue weighted by Gasteiger charge is 2.30. The van der Waals surface area contributed by atoms with E-state index in [1.165, 1.54) is 31.5 Å². The summed E-state index contributed by atoms with van der Waals surface area (Å²) < 4.78 is 4.99. The number of aliphatic carboxylic acids is 1. The molecule has 0 saturated heterocycles. The Morgan fingerprint density at radius 3 is 2.75 bits per heavy atom. The predicted octanol–water partition coefficient (Wildman–Crippen LogP) is 1.69. The number of amides is 1. The van der Waals surface area contributed by atoms with E-state index in [1.54, 1.807) is 6.92 Å². The molecule has 0 radical (unpaired) electrons. The van der Waals surface area contributed by atoms with Crippen molar-refractivity contribution >= 4 is 28.5 Å². The van der Waals surface area contributed by atoms with Gasteiger partial charge in [-0.3, -0.25) is 19.7 Å². The van der Waals surface area contributed by atoms with Crippen molar-refractivity contribution in [3.63, 3.8) is 0 Å². The van der Waals surface area contributed by atoms with Crippen molar-refractivity contribution in [3.05, 3.63) is 40.1 Å². The highest BCUT2D eigenvalue weighted by Crippen LogP contribution is 2.24. The molecule has 1 aromatic carbocycles. The first kappa shape index (κ1) is 17.4. The van der Waals surface area contributed by atoms with E-state index < -0.39 is 22.3 Å². The Morgan fingerprint density at radius 1 is 1.46 bits per heavy atom. The number of carbonyl (C=O) groups excluding carboxylic acids is 1. The van der Waals surface area contributed by atoms with E-state index in [2.05, 4.69) is 10.3 Å². The zero-order chi connectivity index (χ0) is 17.9. The molecule has 0 saturated carbocycles. The van der Waals surface area contributed by atoms with E-state index in [4.69, 9.17) is 9.84 Å². The second-order valence-corrected chi connectivity index (χ2v) is 5.71. The number of hydrogen-bond donors (Lipinski definition) is 3. The summed E-state index contributed by atoms with van der Waals surface area (Å²) in [7, 11) is 1.40. The van der Waals surface area contributed by atoms with Crippen molar-refractivity contribution < 1.29 is 24.4 Å². The molecule has 1 amide bonds. The molecule has 0 aliphatic carbocycles. The maximum absolute atomic E-state index is 12.5. The van der Waals surface area contributed by atoms with Crippen LogP contribution in [0.1, 0.15) is 23.7 Å². The SMILES string of the molecule is COCC(C)(CC(=O)O)NC(=O)c1c[nH]c2ccc([N+](=O)[O-])cc12. The van der Waals surface area contributed by atoms with Crippen molar-refractivity contribution in [2.24, 2.45) is 0 Å². The van der Waals surface area contributed by atoms with Gasteiger partial charge in [-0.25, -0.2) is 0 Å². The molecule has 2 rings (SSSR count). The van der Waals surface area contributed by atoms with E-state index in [-0.39, 0.29) is 24.3 Å². The molecule has 128 valence electrons. The number of nitro benzene ring substituents is 1. The summed E-state index contributed by atoms with van der Waals surface area (Å²) in [4.78, 5) is 36.7. The van der Waals surface area contributed by atoms with Crippen molar-refractivity contribution in [1.82, 2.24) is 10.3 Å². The summed E-state index contributed by atoms with van der Waals surface area (Å²) in [6, 6.07) is 4.14. The molecule has 24 heavy (non-hydrogen) atoms. The van der Waals surface area contributed by atoms with Gasteiger partial charge in [0.1, 0.15) is 0 Å². The van der Waals surface area contributed by atoms with Crippen LogP contribution in [0.3, 0.4) is 0 Å². The lowest BCUT2D eigenvalue weighted by Crippen LogP contribution is -2.50. The van der Waals surface area contributed by atoms with Crippen molar-refractivity contribution in [2.75, 3.05) is 13.7 Å². The van der Waals surface area contributed by atoms with Crippen LogP contribution in [0.2, 0.25) is 0 Å². The minimum absolute atomic E-state index is 0.00748. The normalized spacial score (nSPS) is 13.4. The van der Waals surface area contributed by atoms with E-state index in [9.17, 15) is 19.7 Å². The Labute approximate surface area is 136 Å². The first-order chi connectivity index (χ1) is 11.3. The molecule has 1 atom stereocenters. The topological polar surface area (TPSA) is 135 Å². The molecule has 9 nitrogen and oxygen atoms in total. The Morgan fingerprint density at radius 2 is 2.17 bits per heavy atom. The predicted molar refractivity (Wildman–Crippen MR) is 85.0 cm³/mol. The van der Waals surface area contributed by atoms with Crippen LogP contribution in [0.15, 0.2) is 24.4 Å². The Kier molecular flexibility index (Phi) is 4.84. The van der Waals surface area contributed by atoms with Crippen LogP contribution < -0.4 is 5.32 Å². The molecule has 0 aliphatic heterocycles. The van der Waals surface area contributed by atoms with Gasteiger partial charge in [0, 0.05) is 36.3 Å². The number of carboxylic acids is 1. The van der Waals surface area contributed by atoms with Crippen molar-refractivity contribution in [1.29, 1.82) is 0 Å². The van der Waals surface area contributed by atoms with Crippen LogP contribution in [0.4, 0.5) is 5.69 Å². The number of fused-ring (bicyclic) bond motifs is 1. The van der Waals surface area contributed by atoms with Gasteiger partial charge in [-0.05, 0) is 13.0 Å². The lowest BCUT2D eigenvalue weighted by Gasteiger charge is -2.28. The summed E-state index contributed by atoms with van der Waals surface area (Å²) in [6.45, 7) is 1.56. The number of H-pyrrole nitrogens is 1. The standard InChI is InChI=1S/C15H17N3O6/c1-15(8-24-2,6-13(19)20)17-14(21)11-7-16-12-4-3-9(18(22)23)5-10(11)12/h3-5,7,16H,6,8H2,1-2H3,(H,17,21)(H,19,20). The minimum Gasteiger partial charge on any atom is -0.481 e. The van der Waals surface area contributed by atoms with Gasteiger partial charge in [0.2, 0.25) is 0 Å². The number of methoxy groups -OCH3 is 1. The second kappa shape index (κ2) is 6.67. The highest BCUT2D eigenvalue weighted by atomic mass is 16.6. The van der Waals surface area contributed by atoms with Gasteiger partial charge in [0.05, 0.1) is 29.1 Å². The van der Waals surface area contributed by atoms with Crippen LogP contribution in [0.25, 0.3) is 10.9 Å². The van der Waals surface area contributed by atoms with E-state index in [1.807, 2.05) is 0 Å². The number of nitrogens with zero attached hydrogens (tertiary/aromatic N) is 1. The second-order valence-electron chi connectivity index (χ2n) is 5.71. The molecule has 1 heterocycles. The van der Waals surface area contributed by atoms with Gasteiger partial charge in [-0.15, -0.1) is 0 Å². The number of benzene rings is 1. The zero-order valence-electron chi connectivity index (χ0n) is 13.2. The van der Waals surface area contributed by atoms with Gasteiger partial charge in [-0.1, -0.05) is 0 Å². The number of rotatable bonds is 7. The average Bonchev–Trinajstić information content (AvgIpc) is 2.88. The number of nitro groups is 1. The fraction of sp³-hybridized carbons (Fsp3) is 0.333. The van der Waals surface area contributed by atoms with Crippen LogP contribution >= 0.6 is 0 Å². The third kappa shape index (κ3) is 3.69. The Balaban J connectivity index is 2.34. The van der Waals surface area contributed by atoms with Gasteiger partial charge >= 0.3 is 5.97 Å². The first-order valence-corrected chi connectivity index (χ1v) is 7.04. The lowest BCUT2D eigenvalue weighted by atomic mass is 9.98. The van der Waals surface area contributed by atoms with Crippen molar-refractivity contribution in [2.45, 2.75) is 18.9 Å². The number of carbonyl (C=O) groups is 2. The molecule has 1 aromatic heterocycles. The zero-order valence-corrected chi connectivity index (χ0v) is 13.2. The number of hydrogen-bond acceptors (Lipinski definition) is 5. The average molecular weight is 335 g/mol. The van der Waals surface area contributed by atoms with E-state index in [0.29, 0.717) is 10.9 Å². The largest absolute Gasteiger partial charge is 0.481 e. The number of aromatic nitrogens is 1. The highest BCUT2D eigenvalue weighted by molar-refractivity contribution is 6.07. The molecule has 9 heteroatoms. The third-order valence-corrected chi connectivity index (χ3v) is 3.54. The molecule has 0 bridgehead atoms. The summed E-state index contributed by atoms with van der Waals surface area (Å²) in [6.07, 6.45) is 1.10. The van der Waals surface area contributed by atoms with Gasteiger partial charge < -0.3 is 20.1 Å². The lowest BCUT2D eigenvalue weighted by molar-refractivity contribution is -0.384. The molecule has 0 aliphatic rings.